The number of thiazole rings is 1. The first-order chi connectivity index (χ1) is 10.7. The van der Waals surface area contributed by atoms with Gasteiger partial charge in [0.05, 0.1) is 16.6 Å². The van der Waals surface area contributed by atoms with Gasteiger partial charge in [-0.1, -0.05) is 56.1 Å². The number of benzene rings is 1. The van der Waals surface area contributed by atoms with E-state index in [9.17, 15) is 9.18 Å². The SMILES string of the molecule is CCCCCCCNc1ncc(C(=O)c2ccccc2F)s1. The molecule has 3 nitrogen and oxygen atoms in total. The molecule has 118 valence electrons. The van der Waals surface area contributed by atoms with E-state index in [0.29, 0.717) is 4.88 Å². The Hall–Kier alpha value is -1.75. The van der Waals surface area contributed by atoms with E-state index in [4.69, 9.17) is 0 Å². The molecule has 2 rings (SSSR count). The molecular weight excluding hydrogens is 299 g/mol. The molecule has 0 aliphatic heterocycles. The molecule has 2 aromatic rings. The zero-order chi connectivity index (χ0) is 15.8. The van der Waals surface area contributed by atoms with Crippen molar-refractivity contribution < 1.29 is 9.18 Å². The van der Waals surface area contributed by atoms with Gasteiger partial charge in [-0.05, 0) is 18.6 Å². The minimum absolute atomic E-state index is 0.0947. The standard InChI is InChI=1S/C17H21FN2OS/c1-2-3-4-5-8-11-19-17-20-12-15(22-17)16(21)13-9-6-7-10-14(13)18/h6-7,9-10,12H,2-5,8,11H2,1H3,(H,19,20). The van der Waals surface area contributed by atoms with Crippen LogP contribution in [-0.2, 0) is 0 Å². The monoisotopic (exact) mass is 320 g/mol. The number of halogens is 1. The Balaban J connectivity index is 1.86. The molecule has 1 aromatic heterocycles. The van der Waals surface area contributed by atoms with E-state index in [1.165, 1.54) is 55.3 Å². The van der Waals surface area contributed by atoms with Gasteiger partial charge in [0, 0.05) is 6.54 Å². The third-order valence-corrected chi connectivity index (χ3v) is 4.36. The summed E-state index contributed by atoms with van der Waals surface area (Å²) in [5.41, 5.74) is 0.0947. The van der Waals surface area contributed by atoms with Crippen molar-refractivity contribution in [3.8, 4) is 0 Å². The molecular formula is C17H21FN2OS. The number of carbonyl (C=O) groups excluding carboxylic acids is 1. The molecule has 0 amide bonds. The highest BCUT2D eigenvalue weighted by molar-refractivity contribution is 7.17. The first-order valence-corrected chi connectivity index (χ1v) is 8.53. The molecule has 0 spiro atoms. The zero-order valence-corrected chi connectivity index (χ0v) is 13.6. The quantitative estimate of drug-likeness (QED) is 0.528. The van der Waals surface area contributed by atoms with E-state index >= 15 is 0 Å². The minimum Gasteiger partial charge on any atom is -0.362 e. The summed E-state index contributed by atoms with van der Waals surface area (Å²) in [6.07, 6.45) is 7.58. The van der Waals surface area contributed by atoms with E-state index in [1.54, 1.807) is 12.1 Å². The molecule has 22 heavy (non-hydrogen) atoms. The number of rotatable bonds is 9. The highest BCUT2D eigenvalue weighted by Gasteiger charge is 2.16. The summed E-state index contributed by atoms with van der Waals surface area (Å²) in [4.78, 5) is 16.9. The van der Waals surface area contributed by atoms with Gasteiger partial charge in [-0.2, -0.15) is 0 Å². The number of nitrogens with one attached hydrogen (secondary N) is 1. The van der Waals surface area contributed by atoms with Crippen LogP contribution in [0.5, 0.6) is 0 Å². The second kappa shape index (κ2) is 8.63. The number of ketones is 1. The van der Waals surface area contributed by atoms with E-state index in [0.717, 1.165) is 18.1 Å². The van der Waals surface area contributed by atoms with E-state index in [-0.39, 0.29) is 11.3 Å². The maximum absolute atomic E-state index is 13.6. The number of hydrogen-bond acceptors (Lipinski definition) is 4. The lowest BCUT2D eigenvalue weighted by molar-refractivity contribution is 0.103. The van der Waals surface area contributed by atoms with Crippen LogP contribution < -0.4 is 5.32 Å². The number of anilines is 1. The van der Waals surface area contributed by atoms with E-state index in [1.807, 2.05) is 0 Å². The normalized spacial score (nSPS) is 10.6. The van der Waals surface area contributed by atoms with Gasteiger partial charge in [0.15, 0.2) is 5.13 Å². The lowest BCUT2D eigenvalue weighted by atomic mass is 10.1. The number of hydrogen-bond donors (Lipinski definition) is 1. The average Bonchev–Trinajstić information content (AvgIpc) is 2.99. The van der Waals surface area contributed by atoms with Crippen LogP contribution in [0.3, 0.4) is 0 Å². The van der Waals surface area contributed by atoms with Crippen molar-refractivity contribution >= 4 is 22.3 Å². The Kier molecular flexibility index (Phi) is 6.52. The van der Waals surface area contributed by atoms with Crippen LogP contribution in [0.2, 0.25) is 0 Å². The summed E-state index contributed by atoms with van der Waals surface area (Å²) >= 11 is 1.27. The molecule has 0 saturated heterocycles. The predicted molar refractivity (Wildman–Crippen MR) is 89.2 cm³/mol. The lowest BCUT2D eigenvalue weighted by Gasteiger charge is -2.02. The molecule has 0 aliphatic rings. The Labute approximate surface area is 134 Å². The summed E-state index contributed by atoms with van der Waals surface area (Å²) in [6.45, 7) is 3.05. The topological polar surface area (TPSA) is 42.0 Å². The summed E-state index contributed by atoms with van der Waals surface area (Å²) in [7, 11) is 0. The van der Waals surface area contributed by atoms with Gasteiger partial charge < -0.3 is 5.32 Å². The molecule has 0 saturated carbocycles. The number of carbonyl (C=O) groups is 1. The van der Waals surface area contributed by atoms with Crippen molar-refractivity contribution in [3.63, 3.8) is 0 Å². The van der Waals surface area contributed by atoms with Crippen molar-refractivity contribution in [2.24, 2.45) is 0 Å². The number of nitrogens with zero attached hydrogens (tertiary/aromatic N) is 1. The van der Waals surface area contributed by atoms with Gasteiger partial charge in [-0.3, -0.25) is 4.79 Å². The molecule has 0 aliphatic carbocycles. The maximum atomic E-state index is 13.6. The van der Waals surface area contributed by atoms with Crippen molar-refractivity contribution in [1.82, 2.24) is 4.98 Å². The third kappa shape index (κ3) is 4.63. The molecule has 0 atom stereocenters. The number of unbranched alkanes of at least 4 members (excludes halogenated alkanes) is 4. The van der Waals surface area contributed by atoms with Crippen LogP contribution in [0.1, 0.15) is 54.3 Å². The van der Waals surface area contributed by atoms with Gasteiger partial charge >= 0.3 is 0 Å². The first-order valence-electron chi connectivity index (χ1n) is 7.71. The molecule has 0 radical (unpaired) electrons. The fraction of sp³-hybridized carbons (Fsp3) is 0.412. The highest BCUT2D eigenvalue weighted by Crippen LogP contribution is 2.22. The van der Waals surface area contributed by atoms with Crippen molar-refractivity contribution in [2.75, 3.05) is 11.9 Å². The van der Waals surface area contributed by atoms with Crippen LogP contribution in [0.25, 0.3) is 0 Å². The van der Waals surface area contributed by atoms with Crippen LogP contribution in [0, 0.1) is 5.82 Å². The predicted octanol–water partition coefficient (Wildman–Crippen LogP) is 4.90. The summed E-state index contributed by atoms with van der Waals surface area (Å²) in [5.74, 6) is -0.807. The Morgan fingerprint density at radius 3 is 2.77 bits per heavy atom. The maximum Gasteiger partial charge on any atom is 0.207 e. The fourth-order valence-electron chi connectivity index (χ4n) is 2.16. The van der Waals surface area contributed by atoms with Gasteiger partial charge in [-0.25, -0.2) is 9.37 Å². The van der Waals surface area contributed by atoms with Crippen molar-refractivity contribution in [1.29, 1.82) is 0 Å². The van der Waals surface area contributed by atoms with Crippen LogP contribution >= 0.6 is 11.3 Å². The van der Waals surface area contributed by atoms with Gasteiger partial charge in [-0.15, -0.1) is 0 Å². The van der Waals surface area contributed by atoms with Crippen LogP contribution in [0.15, 0.2) is 30.5 Å². The lowest BCUT2D eigenvalue weighted by Crippen LogP contribution is -2.01. The van der Waals surface area contributed by atoms with Gasteiger partial charge in [0.2, 0.25) is 5.78 Å². The minimum atomic E-state index is -0.494. The second-order valence-corrected chi connectivity index (χ2v) is 6.21. The molecule has 0 bridgehead atoms. The molecule has 1 heterocycles. The van der Waals surface area contributed by atoms with Crippen LogP contribution in [0.4, 0.5) is 9.52 Å². The molecule has 5 heteroatoms. The molecule has 0 fully saturated rings. The van der Waals surface area contributed by atoms with Gasteiger partial charge in [0.25, 0.3) is 0 Å². The highest BCUT2D eigenvalue weighted by atomic mass is 32.1. The summed E-state index contributed by atoms with van der Waals surface area (Å²) in [5, 5.41) is 3.94. The third-order valence-electron chi connectivity index (χ3n) is 3.40. The summed E-state index contributed by atoms with van der Waals surface area (Å²) in [6, 6.07) is 6.03. The van der Waals surface area contributed by atoms with Crippen molar-refractivity contribution in [3.05, 3.63) is 46.7 Å². The second-order valence-electron chi connectivity index (χ2n) is 5.18. The van der Waals surface area contributed by atoms with E-state index < -0.39 is 5.82 Å². The molecule has 1 aromatic carbocycles. The Bertz CT molecular complexity index is 612. The van der Waals surface area contributed by atoms with Gasteiger partial charge in [0.1, 0.15) is 5.82 Å². The van der Waals surface area contributed by atoms with E-state index in [2.05, 4.69) is 17.2 Å². The van der Waals surface area contributed by atoms with Crippen LogP contribution in [-0.4, -0.2) is 17.3 Å². The number of aromatic nitrogens is 1. The molecule has 1 N–H and O–H groups in total. The average molecular weight is 320 g/mol. The summed E-state index contributed by atoms with van der Waals surface area (Å²) < 4.78 is 13.6. The molecule has 0 unspecified atom stereocenters. The Morgan fingerprint density at radius 1 is 1.23 bits per heavy atom. The largest absolute Gasteiger partial charge is 0.362 e. The smallest absolute Gasteiger partial charge is 0.207 e. The fourth-order valence-corrected chi connectivity index (χ4v) is 2.96. The Morgan fingerprint density at radius 2 is 2.00 bits per heavy atom. The van der Waals surface area contributed by atoms with Crippen molar-refractivity contribution in [2.45, 2.75) is 39.0 Å². The zero-order valence-electron chi connectivity index (χ0n) is 12.8. The first kappa shape index (κ1) is 16.6.